The van der Waals surface area contributed by atoms with Gasteiger partial charge in [0.25, 0.3) is 5.56 Å². The molecule has 9 heteroatoms. The van der Waals surface area contributed by atoms with E-state index in [1.165, 1.54) is 13.3 Å². The lowest BCUT2D eigenvalue weighted by Crippen LogP contribution is -2.52. The SMILES string of the molecule is CC(=O)NC[C@H]1[C@H]2C[C@H](CN(c3ncnc4nc[nH]c34)C2)c2cccc(=O)n21. The van der Waals surface area contributed by atoms with Crippen LogP contribution in [0.4, 0.5) is 5.82 Å². The van der Waals surface area contributed by atoms with Crippen LogP contribution in [0.15, 0.2) is 35.6 Å². The highest BCUT2D eigenvalue weighted by Gasteiger charge is 2.41. The van der Waals surface area contributed by atoms with Crippen molar-refractivity contribution >= 4 is 22.9 Å². The number of hydrogen-bond acceptors (Lipinski definition) is 6. The Labute approximate surface area is 160 Å². The maximum atomic E-state index is 12.6. The second kappa shape index (κ2) is 6.43. The molecule has 2 bridgehead atoms. The molecule has 0 spiro atoms. The summed E-state index contributed by atoms with van der Waals surface area (Å²) in [6.07, 6.45) is 4.15. The molecule has 2 aliphatic heterocycles. The molecule has 1 saturated heterocycles. The van der Waals surface area contributed by atoms with E-state index in [1.54, 1.807) is 12.4 Å². The Bertz CT molecular complexity index is 1100. The minimum atomic E-state index is -0.0877. The van der Waals surface area contributed by atoms with Gasteiger partial charge in [-0.05, 0) is 18.4 Å². The van der Waals surface area contributed by atoms with E-state index in [2.05, 4.69) is 30.2 Å². The second-order valence-corrected chi connectivity index (χ2v) is 7.56. The van der Waals surface area contributed by atoms with Crippen LogP contribution in [0, 0.1) is 5.92 Å². The van der Waals surface area contributed by atoms with Gasteiger partial charge >= 0.3 is 0 Å². The average molecular weight is 379 g/mol. The van der Waals surface area contributed by atoms with Crippen molar-refractivity contribution < 1.29 is 4.79 Å². The van der Waals surface area contributed by atoms with Crippen molar-refractivity contribution in [3.05, 3.63) is 46.9 Å². The Hall–Kier alpha value is -3.23. The van der Waals surface area contributed by atoms with Gasteiger partial charge in [-0.3, -0.25) is 9.59 Å². The van der Waals surface area contributed by atoms with Gasteiger partial charge in [-0.1, -0.05) is 6.07 Å². The van der Waals surface area contributed by atoms with Gasteiger partial charge in [0.15, 0.2) is 11.5 Å². The molecule has 0 unspecified atom stereocenters. The van der Waals surface area contributed by atoms with E-state index in [9.17, 15) is 9.59 Å². The first-order valence-corrected chi connectivity index (χ1v) is 9.46. The second-order valence-electron chi connectivity index (χ2n) is 7.56. The van der Waals surface area contributed by atoms with Gasteiger partial charge in [0.2, 0.25) is 5.91 Å². The smallest absolute Gasteiger partial charge is 0.251 e. The zero-order valence-electron chi connectivity index (χ0n) is 15.5. The molecule has 2 aliphatic rings. The summed E-state index contributed by atoms with van der Waals surface area (Å²) < 4.78 is 1.89. The van der Waals surface area contributed by atoms with Crippen LogP contribution < -0.4 is 15.8 Å². The van der Waals surface area contributed by atoms with Crippen LogP contribution >= 0.6 is 0 Å². The van der Waals surface area contributed by atoms with Crippen molar-refractivity contribution in [3.8, 4) is 0 Å². The number of aromatic amines is 1. The molecule has 28 heavy (non-hydrogen) atoms. The number of hydrogen-bond donors (Lipinski definition) is 2. The largest absolute Gasteiger partial charge is 0.354 e. The summed E-state index contributed by atoms with van der Waals surface area (Å²) in [5.41, 5.74) is 2.49. The molecule has 3 atom stereocenters. The highest BCUT2D eigenvalue weighted by molar-refractivity contribution is 5.82. The van der Waals surface area contributed by atoms with Gasteiger partial charge in [0.1, 0.15) is 11.8 Å². The van der Waals surface area contributed by atoms with Crippen molar-refractivity contribution in [3.63, 3.8) is 0 Å². The Morgan fingerprint density at radius 2 is 2.18 bits per heavy atom. The number of carbonyl (C=O) groups is 1. The van der Waals surface area contributed by atoms with Crippen molar-refractivity contribution in [1.29, 1.82) is 0 Å². The van der Waals surface area contributed by atoms with Crippen LogP contribution in [0.3, 0.4) is 0 Å². The number of fused-ring (bicyclic) bond motifs is 5. The highest BCUT2D eigenvalue weighted by Crippen LogP contribution is 2.42. The summed E-state index contributed by atoms with van der Waals surface area (Å²) in [7, 11) is 0. The molecule has 0 saturated carbocycles. The van der Waals surface area contributed by atoms with E-state index in [0.29, 0.717) is 12.2 Å². The van der Waals surface area contributed by atoms with E-state index in [0.717, 1.165) is 36.5 Å². The molecule has 3 aromatic heterocycles. The minimum absolute atomic E-state index is 0.00556. The molecule has 2 N–H and O–H groups in total. The molecule has 3 aromatic rings. The molecule has 5 heterocycles. The van der Waals surface area contributed by atoms with Crippen molar-refractivity contribution in [2.24, 2.45) is 5.92 Å². The molecular weight excluding hydrogens is 358 g/mol. The molecule has 1 amide bonds. The van der Waals surface area contributed by atoms with Gasteiger partial charge in [-0.15, -0.1) is 0 Å². The van der Waals surface area contributed by atoms with E-state index in [4.69, 9.17) is 0 Å². The van der Waals surface area contributed by atoms with E-state index in [1.807, 2.05) is 16.7 Å². The fourth-order valence-corrected chi connectivity index (χ4v) is 4.72. The quantitative estimate of drug-likeness (QED) is 0.697. The van der Waals surface area contributed by atoms with Gasteiger partial charge < -0.3 is 19.8 Å². The maximum Gasteiger partial charge on any atom is 0.251 e. The number of amides is 1. The summed E-state index contributed by atoms with van der Waals surface area (Å²) in [4.78, 5) is 42.5. The van der Waals surface area contributed by atoms with E-state index < -0.39 is 0 Å². The fraction of sp³-hybridized carbons (Fsp3) is 0.421. The Kier molecular flexibility index (Phi) is 3.88. The Balaban J connectivity index is 1.56. The van der Waals surface area contributed by atoms with Crippen LogP contribution in [0.25, 0.3) is 11.2 Å². The maximum absolute atomic E-state index is 12.6. The predicted octanol–water partition coefficient (Wildman–Crippen LogP) is 0.815. The summed E-state index contributed by atoms with van der Waals surface area (Å²) in [6, 6.07) is 5.37. The summed E-state index contributed by atoms with van der Waals surface area (Å²) in [5.74, 6) is 1.21. The monoisotopic (exact) mass is 379 g/mol. The number of nitrogens with one attached hydrogen (secondary N) is 2. The third-order valence-electron chi connectivity index (χ3n) is 5.86. The lowest BCUT2D eigenvalue weighted by atomic mass is 9.78. The number of aromatic nitrogens is 5. The molecule has 0 aliphatic carbocycles. The topological polar surface area (TPSA) is 109 Å². The first-order valence-electron chi connectivity index (χ1n) is 9.46. The van der Waals surface area contributed by atoms with Crippen LogP contribution in [-0.2, 0) is 4.79 Å². The summed E-state index contributed by atoms with van der Waals surface area (Å²) >= 11 is 0. The van der Waals surface area contributed by atoms with E-state index in [-0.39, 0.29) is 29.3 Å². The first-order chi connectivity index (χ1) is 13.6. The molecule has 0 radical (unpaired) electrons. The molecule has 9 nitrogen and oxygen atoms in total. The fourth-order valence-electron chi connectivity index (χ4n) is 4.72. The lowest BCUT2D eigenvalue weighted by Gasteiger charge is -2.47. The number of pyridine rings is 1. The van der Waals surface area contributed by atoms with Crippen molar-refractivity contribution in [2.45, 2.75) is 25.3 Å². The number of piperidine rings is 1. The minimum Gasteiger partial charge on any atom is -0.354 e. The van der Waals surface area contributed by atoms with Crippen LogP contribution in [0.2, 0.25) is 0 Å². The standard InChI is InChI=1S/C19H21N7O2/c1-11(27)20-6-15-13-5-12(14-3-2-4-16(28)26(14)15)7-25(8-13)19-17-18(22-9-21-17)23-10-24-19/h2-4,9-10,12-13,15H,5-8H2,1H3,(H,20,27)(H,21,22,23,24)/t12-,13+,15+/m1/s1. The third kappa shape index (κ3) is 2.65. The normalized spacial score (nSPS) is 23.5. The van der Waals surface area contributed by atoms with Crippen LogP contribution in [-0.4, -0.2) is 50.0 Å². The number of imidazole rings is 1. The predicted molar refractivity (Wildman–Crippen MR) is 103 cm³/mol. The van der Waals surface area contributed by atoms with E-state index >= 15 is 0 Å². The number of rotatable bonds is 3. The summed E-state index contributed by atoms with van der Waals surface area (Å²) in [6.45, 7) is 3.48. The molecule has 144 valence electrons. The average Bonchev–Trinajstić information content (AvgIpc) is 3.17. The van der Waals surface area contributed by atoms with Gasteiger partial charge in [-0.25, -0.2) is 15.0 Å². The van der Waals surface area contributed by atoms with Crippen LogP contribution in [0.5, 0.6) is 0 Å². The van der Waals surface area contributed by atoms with Crippen molar-refractivity contribution in [1.82, 2.24) is 29.8 Å². The number of carbonyl (C=O) groups excluding carboxylic acids is 1. The summed E-state index contributed by atoms with van der Waals surface area (Å²) in [5, 5.41) is 2.91. The zero-order chi connectivity index (χ0) is 19.3. The molecular formula is C19H21N7O2. The van der Waals surface area contributed by atoms with Gasteiger partial charge in [0.05, 0.1) is 12.4 Å². The zero-order valence-corrected chi connectivity index (χ0v) is 15.5. The molecule has 1 fully saturated rings. The van der Waals surface area contributed by atoms with Gasteiger partial charge in [0, 0.05) is 44.2 Å². The first kappa shape index (κ1) is 16.9. The highest BCUT2D eigenvalue weighted by atomic mass is 16.1. The molecule has 5 rings (SSSR count). The lowest BCUT2D eigenvalue weighted by molar-refractivity contribution is -0.119. The number of nitrogens with zero attached hydrogens (tertiary/aromatic N) is 5. The number of H-pyrrole nitrogens is 1. The third-order valence-corrected chi connectivity index (χ3v) is 5.86. The molecule has 0 aromatic carbocycles. The Morgan fingerprint density at radius 1 is 1.29 bits per heavy atom. The Morgan fingerprint density at radius 3 is 3.04 bits per heavy atom. The van der Waals surface area contributed by atoms with Crippen molar-refractivity contribution in [2.75, 3.05) is 24.5 Å². The number of anilines is 1. The van der Waals surface area contributed by atoms with Crippen LogP contribution in [0.1, 0.15) is 31.0 Å². The van der Waals surface area contributed by atoms with Gasteiger partial charge in [-0.2, -0.15) is 0 Å².